The molecule has 0 amide bonds. The molecule has 3 heteroatoms. The first-order valence-electron chi connectivity index (χ1n) is 5.55. The van der Waals surface area contributed by atoms with E-state index < -0.39 is 0 Å². The first kappa shape index (κ1) is 12.0. The van der Waals surface area contributed by atoms with Gasteiger partial charge in [0.25, 0.3) is 0 Å². The molecule has 1 fully saturated rings. The number of piperazine rings is 1. The van der Waals surface area contributed by atoms with Crippen molar-refractivity contribution in [2.24, 2.45) is 0 Å². The van der Waals surface area contributed by atoms with Crippen LogP contribution in [0.4, 0.5) is 0 Å². The molecule has 1 saturated heterocycles. The van der Waals surface area contributed by atoms with E-state index in [0.717, 1.165) is 6.54 Å². The van der Waals surface area contributed by atoms with E-state index in [1.807, 2.05) is 7.05 Å². The monoisotopic (exact) mass is 199 g/mol. The lowest BCUT2D eigenvalue weighted by molar-refractivity contribution is 0.0358. The van der Waals surface area contributed by atoms with Crippen LogP contribution < -0.4 is 5.32 Å². The maximum absolute atomic E-state index is 3.27. The van der Waals surface area contributed by atoms with Crippen LogP contribution in [0.15, 0.2) is 0 Å². The van der Waals surface area contributed by atoms with E-state index in [4.69, 9.17) is 0 Å². The molecule has 0 saturated carbocycles. The van der Waals surface area contributed by atoms with E-state index >= 15 is 0 Å². The molecule has 1 rings (SSSR count). The number of likely N-dealkylation sites (N-methyl/N-ethyl adjacent to an activating group) is 2. The van der Waals surface area contributed by atoms with Crippen molar-refractivity contribution in [2.75, 3.05) is 40.3 Å². The van der Waals surface area contributed by atoms with E-state index in [-0.39, 0.29) is 0 Å². The van der Waals surface area contributed by atoms with E-state index in [1.165, 1.54) is 19.6 Å². The van der Waals surface area contributed by atoms with Crippen molar-refractivity contribution in [1.29, 1.82) is 0 Å². The fraction of sp³-hybridized carbons (Fsp3) is 1.00. The average Bonchev–Trinajstić information content (AvgIpc) is 2.07. The summed E-state index contributed by atoms with van der Waals surface area (Å²) in [5.74, 6) is 0. The first-order chi connectivity index (χ1) is 6.45. The van der Waals surface area contributed by atoms with Crippen molar-refractivity contribution in [3.05, 3.63) is 0 Å². The van der Waals surface area contributed by atoms with Crippen molar-refractivity contribution in [1.82, 2.24) is 15.1 Å². The fourth-order valence-electron chi connectivity index (χ4n) is 2.01. The van der Waals surface area contributed by atoms with Gasteiger partial charge in [-0.2, -0.15) is 0 Å². The summed E-state index contributed by atoms with van der Waals surface area (Å²) in [7, 11) is 4.26. The number of hydrogen-bond acceptors (Lipinski definition) is 3. The third-order valence-electron chi connectivity index (χ3n) is 3.17. The highest BCUT2D eigenvalue weighted by molar-refractivity contribution is 4.87. The van der Waals surface area contributed by atoms with Gasteiger partial charge in [-0.15, -0.1) is 0 Å². The molecular weight excluding hydrogens is 174 g/mol. The van der Waals surface area contributed by atoms with Gasteiger partial charge < -0.3 is 5.32 Å². The van der Waals surface area contributed by atoms with Gasteiger partial charge in [0.15, 0.2) is 0 Å². The third-order valence-corrected chi connectivity index (χ3v) is 3.17. The van der Waals surface area contributed by atoms with Crippen molar-refractivity contribution < 1.29 is 0 Å². The second-order valence-corrected chi connectivity index (χ2v) is 5.31. The van der Waals surface area contributed by atoms with E-state index in [2.05, 4.69) is 42.9 Å². The highest BCUT2D eigenvalue weighted by Gasteiger charge is 2.29. The first-order valence-corrected chi connectivity index (χ1v) is 5.55. The van der Waals surface area contributed by atoms with Crippen LogP contribution in [0.25, 0.3) is 0 Å². The minimum Gasteiger partial charge on any atom is -0.318 e. The van der Waals surface area contributed by atoms with Gasteiger partial charge in [0.1, 0.15) is 0 Å². The molecule has 0 aromatic carbocycles. The summed E-state index contributed by atoms with van der Waals surface area (Å²) in [4.78, 5) is 5.04. The zero-order valence-corrected chi connectivity index (χ0v) is 10.3. The molecule has 1 atom stereocenters. The summed E-state index contributed by atoms with van der Waals surface area (Å²) >= 11 is 0. The number of hydrogen-bond donors (Lipinski definition) is 1. The number of nitrogens with one attached hydrogen (secondary N) is 1. The zero-order valence-electron chi connectivity index (χ0n) is 10.3. The zero-order chi connectivity index (χ0) is 10.8. The lowest BCUT2D eigenvalue weighted by atomic mass is 10.0. The van der Waals surface area contributed by atoms with Gasteiger partial charge in [0.05, 0.1) is 0 Å². The Balaban J connectivity index is 2.53. The van der Waals surface area contributed by atoms with Crippen LogP contribution in [0, 0.1) is 0 Å². The predicted octanol–water partition coefficient (Wildman–Crippen LogP) is 0.620. The normalized spacial score (nSPS) is 26.8. The van der Waals surface area contributed by atoms with Crippen LogP contribution in [0.5, 0.6) is 0 Å². The van der Waals surface area contributed by atoms with Crippen molar-refractivity contribution in [3.63, 3.8) is 0 Å². The Labute approximate surface area is 88.5 Å². The predicted molar refractivity (Wildman–Crippen MR) is 61.7 cm³/mol. The van der Waals surface area contributed by atoms with Gasteiger partial charge in [0, 0.05) is 37.8 Å². The second-order valence-electron chi connectivity index (χ2n) is 5.31. The van der Waals surface area contributed by atoms with Crippen molar-refractivity contribution in [3.8, 4) is 0 Å². The summed E-state index contributed by atoms with van der Waals surface area (Å²) in [5, 5.41) is 3.27. The van der Waals surface area contributed by atoms with Crippen LogP contribution >= 0.6 is 0 Å². The average molecular weight is 199 g/mol. The third kappa shape index (κ3) is 2.94. The Kier molecular flexibility index (Phi) is 3.93. The van der Waals surface area contributed by atoms with Crippen LogP contribution in [-0.2, 0) is 0 Å². The van der Waals surface area contributed by atoms with E-state index in [9.17, 15) is 0 Å². The van der Waals surface area contributed by atoms with Crippen LogP contribution in [0.1, 0.15) is 20.8 Å². The molecule has 14 heavy (non-hydrogen) atoms. The van der Waals surface area contributed by atoms with Gasteiger partial charge in [-0.05, 0) is 34.9 Å². The summed E-state index contributed by atoms with van der Waals surface area (Å²) in [5.41, 5.74) is 0.313. The largest absolute Gasteiger partial charge is 0.318 e. The van der Waals surface area contributed by atoms with E-state index in [1.54, 1.807) is 0 Å². The Hall–Kier alpha value is -0.120. The lowest BCUT2D eigenvalue weighted by Gasteiger charge is -2.45. The van der Waals surface area contributed by atoms with Gasteiger partial charge >= 0.3 is 0 Å². The molecule has 1 aliphatic rings. The topological polar surface area (TPSA) is 18.5 Å². The summed E-state index contributed by atoms with van der Waals surface area (Å²) in [6.45, 7) is 11.5. The maximum Gasteiger partial charge on any atom is 0.0345 e. The Bertz CT molecular complexity index is 174. The number of nitrogens with zero attached hydrogens (tertiary/aromatic N) is 2. The lowest BCUT2D eigenvalue weighted by Crippen LogP contribution is -2.59. The minimum absolute atomic E-state index is 0.313. The van der Waals surface area contributed by atoms with Gasteiger partial charge in [0.2, 0.25) is 0 Å². The SMILES string of the molecule is CNCC1CN(C(C)(C)C)CCN1C. The molecule has 0 aromatic heterocycles. The van der Waals surface area contributed by atoms with Crippen molar-refractivity contribution in [2.45, 2.75) is 32.4 Å². The van der Waals surface area contributed by atoms with Gasteiger partial charge in [-0.1, -0.05) is 0 Å². The minimum atomic E-state index is 0.313. The molecule has 0 radical (unpaired) electrons. The molecule has 1 heterocycles. The highest BCUT2D eigenvalue weighted by Crippen LogP contribution is 2.17. The summed E-state index contributed by atoms with van der Waals surface area (Å²) in [6.07, 6.45) is 0. The smallest absolute Gasteiger partial charge is 0.0345 e. The maximum atomic E-state index is 3.27. The summed E-state index contributed by atoms with van der Waals surface area (Å²) in [6, 6.07) is 0.660. The Morgan fingerprint density at radius 1 is 1.29 bits per heavy atom. The van der Waals surface area contributed by atoms with Crippen LogP contribution in [-0.4, -0.2) is 61.7 Å². The summed E-state index contributed by atoms with van der Waals surface area (Å²) < 4.78 is 0. The molecule has 0 aromatic rings. The van der Waals surface area contributed by atoms with Gasteiger partial charge in [-0.3, -0.25) is 9.80 Å². The molecule has 1 unspecified atom stereocenters. The van der Waals surface area contributed by atoms with Crippen LogP contribution in [0.3, 0.4) is 0 Å². The molecule has 0 bridgehead atoms. The Morgan fingerprint density at radius 3 is 2.43 bits per heavy atom. The van der Waals surface area contributed by atoms with E-state index in [0.29, 0.717) is 11.6 Å². The van der Waals surface area contributed by atoms with Crippen LogP contribution in [0.2, 0.25) is 0 Å². The highest BCUT2D eigenvalue weighted by atomic mass is 15.3. The molecule has 0 spiro atoms. The standard InChI is InChI=1S/C11H25N3/c1-11(2,3)14-7-6-13(5)10(9-14)8-12-4/h10,12H,6-9H2,1-5H3. The van der Waals surface area contributed by atoms with Crippen molar-refractivity contribution >= 4 is 0 Å². The Morgan fingerprint density at radius 2 is 1.93 bits per heavy atom. The molecule has 0 aliphatic carbocycles. The second kappa shape index (κ2) is 4.60. The number of rotatable bonds is 2. The molecule has 1 aliphatic heterocycles. The molecule has 84 valence electrons. The quantitative estimate of drug-likeness (QED) is 0.703. The molecule has 3 nitrogen and oxygen atoms in total. The fourth-order valence-corrected chi connectivity index (χ4v) is 2.01. The van der Waals surface area contributed by atoms with Gasteiger partial charge in [-0.25, -0.2) is 0 Å². The molecular formula is C11H25N3. The molecule has 1 N–H and O–H groups in total.